The Morgan fingerprint density at radius 1 is 1.23 bits per heavy atom. The third-order valence-electron chi connectivity index (χ3n) is 6.07. The third kappa shape index (κ3) is 3.06. The van der Waals surface area contributed by atoms with Gasteiger partial charge in [-0.05, 0) is 44.2 Å². The summed E-state index contributed by atoms with van der Waals surface area (Å²) in [5, 5.41) is 0. The summed E-state index contributed by atoms with van der Waals surface area (Å²) in [5.41, 5.74) is 0.681. The van der Waals surface area contributed by atoms with Crippen molar-refractivity contribution in [2.24, 2.45) is 5.92 Å². The van der Waals surface area contributed by atoms with Gasteiger partial charge in [-0.25, -0.2) is 8.42 Å². The average Bonchev–Trinajstić information content (AvgIpc) is 3.18. The standard InChI is InChI=1S/C19H26N2O4S/c1-15-4-6-17(7-5-15)26(23,24)21-13-19(14-21)16(9-12-25-19)8-11-20-10-2-3-18(20)22/h4-7,16H,2-3,8-14H2,1H3/t16-/m1/s1. The van der Waals surface area contributed by atoms with E-state index in [0.717, 1.165) is 37.9 Å². The molecule has 3 aliphatic heterocycles. The lowest BCUT2D eigenvalue weighted by Gasteiger charge is -2.49. The largest absolute Gasteiger partial charge is 0.372 e. The lowest BCUT2D eigenvalue weighted by atomic mass is 9.80. The van der Waals surface area contributed by atoms with E-state index in [4.69, 9.17) is 4.74 Å². The molecule has 0 aromatic heterocycles. The van der Waals surface area contributed by atoms with Crippen molar-refractivity contribution < 1.29 is 17.9 Å². The Hall–Kier alpha value is -1.44. The van der Waals surface area contributed by atoms with Gasteiger partial charge in [0.1, 0.15) is 0 Å². The van der Waals surface area contributed by atoms with Gasteiger partial charge in [0.25, 0.3) is 0 Å². The fraction of sp³-hybridized carbons (Fsp3) is 0.632. The number of nitrogens with zero attached hydrogens (tertiary/aromatic N) is 2. The van der Waals surface area contributed by atoms with Crippen LogP contribution in [0.15, 0.2) is 29.2 Å². The second kappa shape index (κ2) is 6.62. The third-order valence-corrected chi connectivity index (χ3v) is 7.87. The van der Waals surface area contributed by atoms with Gasteiger partial charge in [-0.15, -0.1) is 0 Å². The Labute approximate surface area is 155 Å². The van der Waals surface area contributed by atoms with Crippen LogP contribution < -0.4 is 0 Å². The monoisotopic (exact) mass is 378 g/mol. The number of aryl methyl sites for hydroxylation is 1. The number of ether oxygens (including phenoxy) is 1. The van der Waals surface area contributed by atoms with Crippen molar-refractivity contribution in [1.29, 1.82) is 0 Å². The van der Waals surface area contributed by atoms with Gasteiger partial charge in [0.05, 0.1) is 10.5 Å². The second-order valence-corrected chi connectivity index (χ2v) is 9.70. The molecule has 0 aliphatic carbocycles. The van der Waals surface area contributed by atoms with Crippen LogP contribution in [0, 0.1) is 12.8 Å². The minimum atomic E-state index is -3.46. The van der Waals surface area contributed by atoms with Crippen molar-refractivity contribution in [2.75, 3.05) is 32.8 Å². The number of hydrogen-bond acceptors (Lipinski definition) is 4. The van der Waals surface area contributed by atoms with Crippen molar-refractivity contribution in [3.05, 3.63) is 29.8 Å². The molecule has 142 valence electrons. The summed E-state index contributed by atoms with van der Waals surface area (Å²) in [5.74, 6) is 0.565. The molecule has 0 bridgehead atoms. The second-order valence-electron chi connectivity index (χ2n) is 7.76. The minimum absolute atomic E-state index is 0.246. The first-order chi connectivity index (χ1) is 12.4. The van der Waals surface area contributed by atoms with Crippen LogP contribution in [0.3, 0.4) is 0 Å². The molecule has 0 radical (unpaired) electrons. The summed E-state index contributed by atoms with van der Waals surface area (Å²) >= 11 is 0. The van der Waals surface area contributed by atoms with Crippen LogP contribution in [0.5, 0.6) is 0 Å². The van der Waals surface area contributed by atoms with Crippen LogP contribution in [0.2, 0.25) is 0 Å². The Balaban J connectivity index is 1.40. The van der Waals surface area contributed by atoms with Crippen molar-refractivity contribution >= 4 is 15.9 Å². The van der Waals surface area contributed by atoms with Crippen LogP contribution in [-0.4, -0.2) is 61.9 Å². The van der Waals surface area contributed by atoms with Gasteiger partial charge in [-0.2, -0.15) is 4.31 Å². The number of carbonyl (C=O) groups excluding carboxylic acids is 1. The van der Waals surface area contributed by atoms with Gasteiger partial charge in [-0.1, -0.05) is 17.7 Å². The zero-order chi connectivity index (χ0) is 18.4. The molecule has 0 saturated carbocycles. The molecule has 3 saturated heterocycles. The molecule has 3 fully saturated rings. The smallest absolute Gasteiger partial charge is 0.243 e. The molecular formula is C19H26N2O4S. The maximum absolute atomic E-state index is 12.8. The van der Waals surface area contributed by atoms with Crippen LogP contribution in [0.25, 0.3) is 0 Å². The number of sulfonamides is 1. The SMILES string of the molecule is Cc1ccc(S(=O)(=O)N2CC3(C2)OCC[C@H]3CCN2CCCC2=O)cc1. The molecule has 0 N–H and O–H groups in total. The molecule has 26 heavy (non-hydrogen) atoms. The van der Waals surface area contributed by atoms with E-state index in [1.54, 1.807) is 12.1 Å². The first kappa shape index (κ1) is 17.9. The van der Waals surface area contributed by atoms with Crippen LogP contribution in [-0.2, 0) is 19.6 Å². The van der Waals surface area contributed by atoms with Gasteiger partial charge in [0.2, 0.25) is 15.9 Å². The first-order valence-corrected chi connectivity index (χ1v) is 10.8. The minimum Gasteiger partial charge on any atom is -0.372 e. The van der Waals surface area contributed by atoms with E-state index in [0.29, 0.717) is 36.9 Å². The van der Waals surface area contributed by atoms with Crippen molar-refractivity contribution in [2.45, 2.75) is 43.1 Å². The average molecular weight is 378 g/mol. The molecular weight excluding hydrogens is 352 g/mol. The Bertz CT molecular complexity index is 784. The molecule has 3 aliphatic rings. The molecule has 7 heteroatoms. The van der Waals surface area contributed by atoms with Crippen molar-refractivity contribution in [3.63, 3.8) is 0 Å². The molecule has 4 rings (SSSR count). The normalized spacial score (nSPS) is 25.8. The first-order valence-electron chi connectivity index (χ1n) is 9.39. The van der Waals surface area contributed by atoms with Crippen molar-refractivity contribution in [3.8, 4) is 0 Å². The maximum Gasteiger partial charge on any atom is 0.243 e. The summed E-state index contributed by atoms with van der Waals surface area (Å²) in [4.78, 5) is 14.1. The van der Waals surface area contributed by atoms with E-state index >= 15 is 0 Å². The van der Waals surface area contributed by atoms with Gasteiger partial charge in [0, 0.05) is 39.2 Å². The zero-order valence-corrected chi connectivity index (χ0v) is 16.0. The Morgan fingerprint density at radius 2 is 1.96 bits per heavy atom. The Kier molecular flexibility index (Phi) is 4.57. The van der Waals surface area contributed by atoms with Gasteiger partial charge in [0.15, 0.2) is 0 Å². The van der Waals surface area contributed by atoms with Gasteiger partial charge in [-0.3, -0.25) is 4.79 Å². The fourth-order valence-electron chi connectivity index (χ4n) is 4.37. The van der Waals surface area contributed by atoms with E-state index in [1.807, 2.05) is 24.0 Å². The van der Waals surface area contributed by atoms with Gasteiger partial charge >= 0.3 is 0 Å². The molecule has 1 aromatic carbocycles. The summed E-state index contributed by atoms with van der Waals surface area (Å²) in [7, 11) is -3.46. The molecule has 1 spiro atoms. The van der Waals surface area contributed by atoms with Crippen molar-refractivity contribution in [1.82, 2.24) is 9.21 Å². The summed E-state index contributed by atoms with van der Waals surface area (Å²) in [6.45, 7) is 5.07. The number of likely N-dealkylation sites (tertiary alicyclic amines) is 1. The van der Waals surface area contributed by atoms with E-state index in [2.05, 4.69) is 0 Å². The predicted octanol–water partition coefficient (Wildman–Crippen LogP) is 1.79. The Morgan fingerprint density at radius 3 is 2.62 bits per heavy atom. The molecule has 1 amide bonds. The maximum atomic E-state index is 12.8. The highest BCUT2D eigenvalue weighted by Gasteiger charge is 2.56. The van der Waals surface area contributed by atoms with Crippen LogP contribution >= 0.6 is 0 Å². The fourth-order valence-corrected chi connectivity index (χ4v) is 5.93. The van der Waals surface area contributed by atoms with Crippen LogP contribution in [0.4, 0.5) is 0 Å². The lowest BCUT2D eigenvalue weighted by molar-refractivity contribution is -0.128. The molecule has 1 atom stereocenters. The van der Waals surface area contributed by atoms with E-state index in [-0.39, 0.29) is 11.5 Å². The predicted molar refractivity (Wildman–Crippen MR) is 97.2 cm³/mol. The number of hydrogen-bond donors (Lipinski definition) is 0. The van der Waals surface area contributed by atoms with E-state index < -0.39 is 10.0 Å². The number of rotatable bonds is 5. The molecule has 6 nitrogen and oxygen atoms in total. The highest BCUT2D eigenvalue weighted by atomic mass is 32.2. The topological polar surface area (TPSA) is 66.9 Å². The molecule has 1 aromatic rings. The quantitative estimate of drug-likeness (QED) is 0.783. The van der Waals surface area contributed by atoms with Crippen LogP contribution in [0.1, 0.15) is 31.2 Å². The number of carbonyl (C=O) groups is 1. The lowest BCUT2D eigenvalue weighted by Crippen LogP contribution is -2.66. The highest BCUT2D eigenvalue weighted by molar-refractivity contribution is 7.89. The molecule has 0 unspecified atom stereocenters. The number of benzene rings is 1. The van der Waals surface area contributed by atoms with E-state index in [1.165, 1.54) is 4.31 Å². The van der Waals surface area contributed by atoms with E-state index in [9.17, 15) is 13.2 Å². The van der Waals surface area contributed by atoms with Gasteiger partial charge < -0.3 is 9.64 Å². The summed E-state index contributed by atoms with van der Waals surface area (Å²) in [6, 6.07) is 6.98. The highest BCUT2D eigenvalue weighted by Crippen LogP contribution is 2.43. The number of amides is 1. The summed E-state index contributed by atoms with van der Waals surface area (Å²) in [6.07, 6.45) is 3.45. The zero-order valence-electron chi connectivity index (χ0n) is 15.2. The molecule has 3 heterocycles. The summed E-state index contributed by atoms with van der Waals surface area (Å²) < 4.78 is 33.1.